The molecule has 100 valence electrons. The molecule has 0 aliphatic carbocycles. The van der Waals surface area contributed by atoms with E-state index in [2.05, 4.69) is 27.7 Å². The van der Waals surface area contributed by atoms with Crippen molar-refractivity contribution < 1.29 is 4.79 Å². The molecule has 0 aromatic carbocycles. The van der Waals surface area contributed by atoms with Gasteiger partial charge in [0.2, 0.25) is 5.91 Å². The van der Waals surface area contributed by atoms with Crippen molar-refractivity contribution >= 4 is 5.91 Å². The average Bonchev–Trinajstić information content (AvgIpc) is 2.29. The van der Waals surface area contributed by atoms with E-state index >= 15 is 0 Å². The molecule has 1 rings (SSSR count). The first kappa shape index (κ1) is 14.5. The molecule has 1 aliphatic heterocycles. The summed E-state index contributed by atoms with van der Waals surface area (Å²) in [6, 6.07) is 0.0428. The first-order chi connectivity index (χ1) is 7.97. The molecule has 4 atom stereocenters. The van der Waals surface area contributed by atoms with Gasteiger partial charge in [-0.2, -0.15) is 0 Å². The van der Waals surface area contributed by atoms with Crippen LogP contribution in [0.3, 0.4) is 0 Å². The second-order valence-corrected chi connectivity index (χ2v) is 5.80. The van der Waals surface area contributed by atoms with Gasteiger partial charge in [-0.1, -0.05) is 33.6 Å². The van der Waals surface area contributed by atoms with Crippen molar-refractivity contribution in [2.24, 2.45) is 17.6 Å². The summed E-state index contributed by atoms with van der Waals surface area (Å²) < 4.78 is 0. The molecule has 0 bridgehead atoms. The minimum Gasteiger partial charge on any atom is -0.338 e. The number of amides is 1. The topological polar surface area (TPSA) is 46.3 Å². The van der Waals surface area contributed by atoms with E-state index in [0.717, 1.165) is 25.8 Å². The maximum absolute atomic E-state index is 12.3. The van der Waals surface area contributed by atoms with Gasteiger partial charge in [-0.05, 0) is 31.6 Å². The Morgan fingerprint density at radius 2 is 2.06 bits per heavy atom. The highest BCUT2D eigenvalue weighted by Gasteiger charge is 2.33. The van der Waals surface area contributed by atoms with Crippen LogP contribution in [0.15, 0.2) is 0 Å². The molecule has 3 nitrogen and oxygen atoms in total. The highest BCUT2D eigenvalue weighted by Crippen LogP contribution is 2.27. The van der Waals surface area contributed by atoms with Crippen molar-refractivity contribution in [2.45, 2.75) is 65.5 Å². The Bertz CT molecular complexity index is 255. The summed E-state index contributed by atoms with van der Waals surface area (Å²) in [7, 11) is 0. The predicted octanol–water partition coefficient (Wildman–Crippen LogP) is 2.40. The Balaban J connectivity index is 2.60. The third-order valence-electron chi connectivity index (χ3n) is 4.07. The minimum atomic E-state index is -0.296. The van der Waals surface area contributed by atoms with Crippen LogP contribution in [-0.2, 0) is 4.79 Å². The van der Waals surface area contributed by atoms with Gasteiger partial charge in [-0.3, -0.25) is 4.79 Å². The normalized spacial score (nSPS) is 31.4. The smallest absolute Gasteiger partial charge is 0.239 e. The Kier molecular flexibility index (Phi) is 5.44. The van der Waals surface area contributed by atoms with Gasteiger partial charge in [0, 0.05) is 12.6 Å². The molecule has 3 unspecified atom stereocenters. The van der Waals surface area contributed by atoms with Crippen LogP contribution in [0.1, 0.15) is 53.4 Å². The van der Waals surface area contributed by atoms with Gasteiger partial charge in [0.1, 0.15) is 0 Å². The molecule has 1 heterocycles. The van der Waals surface area contributed by atoms with E-state index < -0.39 is 0 Å². The minimum absolute atomic E-state index is 0.157. The van der Waals surface area contributed by atoms with Gasteiger partial charge in [0.25, 0.3) is 0 Å². The highest BCUT2D eigenvalue weighted by molar-refractivity contribution is 5.82. The largest absolute Gasteiger partial charge is 0.338 e. The van der Waals surface area contributed by atoms with Gasteiger partial charge < -0.3 is 10.6 Å². The maximum atomic E-state index is 12.3. The molecule has 0 radical (unpaired) electrons. The summed E-state index contributed by atoms with van der Waals surface area (Å²) in [5.41, 5.74) is 6.00. The number of hydrogen-bond acceptors (Lipinski definition) is 2. The molecular formula is C14H28N2O. The zero-order chi connectivity index (χ0) is 13.0. The summed E-state index contributed by atoms with van der Waals surface area (Å²) in [5, 5.41) is 0. The Hall–Kier alpha value is -0.570. The SMILES string of the molecule is CCCC[C@H](N)C(=O)N1CC(C)CC(C)C1C. The molecule has 0 aromatic heterocycles. The van der Waals surface area contributed by atoms with Crippen LogP contribution < -0.4 is 5.73 Å². The molecule has 2 N–H and O–H groups in total. The Morgan fingerprint density at radius 1 is 1.41 bits per heavy atom. The average molecular weight is 240 g/mol. The van der Waals surface area contributed by atoms with Gasteiger partial charge >= 0.3 is 0 Å². The Morgan fingerprint density at radius 3 is 2.65 bits per heavy atom. The number of carbonyl (C=O) groups is 1. The number of unbranched alkanes of at least 4 members (excludes halogenated alkanes) is 1. The molecule has 1 aliphatic rings. The zero-order valence-corrected chi connectivity index (χ0v) is 11.8. The van der Waals surface area contributed by atoms with Crippen LogP contribution in [0, 0.1) is 11.8 Å². The number of likely N-dealkylation sites (tertiary alicyclic amines) is 1. The molecule has 0 spiro atoms. The van der Waals surface area contributed by atoms with E-state index in [9.17, 15) is 4.79 Å². The van der Waals surface area contributed by atoms with Crippen LogP contribution in [0.5, 0.6) is 0 Å². The molecule has 0 aromatic rings. The number of nitrogens with zero attached hydrogens (tertiary/aromatic N) is 1. The molecule has 3 heteroatoms. The van der Waals surface area contributed by atoms with E-state index in [1.807, 2.05) is 4.90 Å². The monoisotopic (exact) mass is 240 g/mol. The number of carbonyl (C=O) groups excluding carboxylic acids is 1. The van der Waals surface area contributed by atoms with Crippen LogP contribution in [-0.4, -0.2) is 29.4 Å². The van der Waals surface area contributed by atoms with Crippen LogP contribution in [0.2, 0.25) is 0 Å². The van der Waals surface area contributed by atoms with E-state index in [1.165, 1.54) is 6.42 Å². The van der Waals surface area contributed by atoms with E-state index in [0.29, 0.717) is 17.9 Å². The molecule has 0 saturated carbocycles. The number of nitrogens with two attached hydrogens (primary N) is 1. The summed E-state index contributed by atoms with van der Waals surface area (Å²) in [4.78, 5) is 14.3. The lowest BCUT2D eigenvalue weighted by Crippen LogP contribution is -2.54. The first-order valence-corrected chi connectivity index (χ1v) is 7.03. The standard InChI is InChI=1S/C14H28N2O/c1-5-6-7-13(15)14(17)16-9-10(2)8-11(3)12(16)4/h10-13H,5-9,15H2,1-4H3/t10?,11?,12?,13-/m0/s1. The lowest BCUT2D eigenvalue weighted by Gasteiger charge is -2.42. The van der Waals surface area contributed by atoms with E-state index in [1.54, 1.807) is 0 Å². The highest BCUT2D eigenvalue weighted by atomic mass is 16.2. The lowest BCUT2D eigenvalue weighted by molar-refractivity contribution is -0.138. The van der Waals surface area contributed by atoms with Crippen molar-refractivity contribution in [3.8, 4) is 0 Å². The molecule has 1 saturated heterocycles. The number of rotatable bonds is 4. The third kappa shape index (κ3) is 3.70. The maximum Gasteiger partial charge on any atom is 0.239 e. The Labute approximate surface area is 106 Å². The van der Waals surface area contributed by atoms with Gasteiger partial charge in [0.15, 0.2) is 0 Å². The van der Waals surface area contributed by atoms with E-state index in [4.69, 9.17) is 5.73 Å². The third-order valence-corrected chi connectivity index (χ3v) is 4.07. The fourth-order valence-corrected chi connectivity index (χ4v) is 2.77. The van der Waals surface area contributed by atoms with Crippen molar-refractivity contribution in [1.29, 1.82) is 0 Å². The summed E-state index contributed by atoms with van der Waals surface area (Å²) in [6.45, 7) is 9.62. The predicted molar refractivity (Wildman–Crippen MR) is 71.6 cm³/mol. The summed E-state index contributed by atoms with van der Waals surface area (Å²) in [6.07, 6.45) is 4.18. The molecule has 17 heavy (non-hydrogen) atoms. The fourth-order valence-electron chi connectivity index (χ4n) is 2.77. The van der Waals surface area contributed by atoms with Crippen LogP contribution >= 0.6 is 0 Å². The molecule has 1 fully saturated rings. The summed E-state index contributed by atoms with van der Waals surface area (Å²) >= 11 is 0. The number of piperidine rings is 1. The fraction of sp³-hybridized carbons (Fsp3) is 0.929. The van der Waals surface area contributed by atoms with Crippen LogP contribution in [0.4, 0.5) is 0 Å². The first-order valence-electron chi connectivity index (χ1n) is 7.03. The van der Waals surface area contributed by atoms with Crippen molar-refractivity contribution in [2.75, 3.05) is 6.54 Å². The van der Waals surface area contributed by atoms with Crippen molar-refractivity contribution in [3.05, 3.63) is 0 Å². The van der Waals surface area contributed by atoms with Crippen molar-refractivity contribution in [3.63, 3.8) is 0 Å². The van der Waals surface area contributed by atoms with E-state index in [-0.39, 0.29) is 11.9 Å². The second kappa shape index (κ2) is 6.39. The number of hydrogen-bond donors (Lipinski definition) is 1. The lowest BCUT2D eigenvalue weighted by atomic mass is 9.85. The molecule has 1 amide bonds. The molecular weight excluding hydrogens is 212 g/mol. The summed E-state index contributed by atoms with van der Waals surface area (Å²) in [5.74, 6) is 1.34. The quantitative estimate of drug-likeness (QED) is 0.820. The van der Waals surface area contributed by atoms with Gasteiger partial charge in [-0.15, -0.1) is 0 Å². The zero-order valence-electron chi connectivity index (χ0n) is 11.8. The van der Waals surface area contributed by atoms with Gasteiger partial charge in [0.05, 0.1) is 6.04 Å². The second-order valence-electron chi connectivity index (χ2n) is 5.80. The van der Waals surface area contributed by atoms with Crippen LogP contribution in [0.25, 0.3) is 0 Å². The van der Waals surface area contributed by atoms with Gasteiger partial charge in [-0.25, -0.2) is 0 Å². The van der Waals surface area contributed by atoms with Crippen molar-refractivity contribution in [1.82, 2.24) is 4.90 Å².